The molecule has 2 aliphatic carbocycles. The molecule has 2 aromatic carbocycles. The number of benzene rings is 2. The molecular formula is C35H42FN3O. The van der Waals surface area contributed by atoms with E-state index in [9.17, 15) is 9.18 Å². The highest BCUT2D eigenvalue weighted by atomic mass is 19.1. The number of anilines is 2. The topological polar surface area (TPSA) is 46.1 Å². The Morgan fingerprint density at radius 1 is 1.07 bits per heavy atom. The molecule has 4 nitrogen and oxygen atoms in total. The van der Waals surface area contributed by atoms with Crippen molar-refractivity contribution in [2.24, 2.45) is 11.8 Å². The van der Waals surface area contributed by atoms with Gasteiger partial charge in [0.05, 0.1) is 0 Å². The first-order valence-electron chi connectivity index (χ1n) is 15.5. The Bertz CT molecular complexity index is 1440. The average Bonchev–Trinajstić information content (AvgIpc) is 3.21. The molecule has 40 heavy (non-hydrogen) atoms. The summed E-state index contributed by atoms with van der Waals surface area (Å²) in [5.41, 5.74) is 7.91. The first-order chi connectivity index (χ1) is 19.6. The Morgan fingerprint density at radius 3 is 2.70 bits per heavy atom. The molecule has 5 heteroatoms. The molecule has 3 aliphatic rings. The van der Waals surface area contributed by atoms with Crippen LogP contribution in [0.15, 0.2) is 59.8 Å². The van der Waals surface area contributed by atoms with Gasteiger partial charge in [0.15, 0.2) is 0 Å². The Morgan fingerprint density at radius 2 is 1.95 bits per heavy atom. The predicted octanol–water partition coefficient (Wildman–Crippen LogP) is 9.22. The van der Waals surface area contributed by atoms with E-state index in [2.05, 4.69) is 58.5 Å². The van der Waals surface area contributed by atoms with E-state index < -0.39 is 0 Å². The van der Waals surface area contributed by atoms with Gasteiger partial charge in [0.25, 0.3) is 0 Å². The molecule has 1 amide bonds. The van der Waals surface area contributed by atoms with E-state index in [0.717, 1.165) is 65.4 Å². The van der Waals surface area contributed by atoms with Crippen LogP contribution in [-0.4, -0.2) is 10.5 Å². The third-order valence-electron chi connectivity index (χ3n) is 9.35. The SMILES string of the molecule is CCCCCC(Cn1c(/C=C/C(Nc2ccc3c(c2)NC(=O)CC3)=C2CCC2)cc2cc(F)ccc21)C1CCC1. The number of carbonyl (C=O) groups excluding carboxylic acids is 1. The van der Waals surface area contributed by atoms with Crippen molar-refractivity contribution in [3.8, 4) is 0 Å². The second kappa shape index (κ2) is 12.0. The molecule has 1 aliphatic heterocycles. The highest BCUT2D eigenvalue weighted by Gasteiger charge is 2.28. The van der Waals surface area contributed by atoms with Gasteiger partial charge >= 0.3 is 0 Å². The Kier molecular flexibility index (Phi) is 8.08. The van der Waals surface area contributed by atoms with Crippen LogP contribution in [0.25, 0.3) is 17.0 Å². The molecule has 0 spiro atoms. The van der Waals surface area contributed by atoms with E-state index in [0.29, 0.717) is 12.3 Å². The highest BCUT2D eigenvalue weighted by Crippen LogP contribution is 2.38. The van der Waals surface area contributed by atoms with Crippen LogP contribution in [0, 0.1) is 17.7 Å². The first-order valence-corrected chi connectivity index (χ1v) is 15.5. The molecule has 2 fully saturated rings. The summed E-state index contributed by atoms with van der Waals surface area (Å²) in [5.74, 6) is 1.38. The van der Waals surface area contributed by atoms with E-state index in [1.807, 2.05) is 6.07 Å². The summed E-state index contributed by atoms with van der Waals surface area (Å²) in [7, 11) is 0. The van der Waals surface area contributed by atoms with Gasteiger partial charge in [-0.25, -0.2) is 4.39 Å². The molecule has 1 aromatic heterocycles. The summed E-state index contributed by atoms with van der Waals surface area (Å²) in [6.07, 6.45) is 18.3. The van der Waals surface area contributed by atoms with Gasteiger partial charge < -0.3 is 15.2 Å². The fourth-order valence-electron chi connectivity index (χ4n) is 6.53. The van der Waals surface area contributed by atoms with Crippen LogP contribution in [0.5, 0.6) is 0 Å². The number of aryl methyl sites for hydroxylation is 1. The minimum Gasteiger partial charge on any atom is -0.356 e. The summed E-state index contributed by atoms with van der Waals surface area (Å²) in [5, 5.41) is 7.66. The number of carbonyl (C=O) groups is 1. The minimum atomic E-state index is -0.183. The maximum Gasteiger partial charge on any atom is 0.224 e. The second-order valence-corrected chi connectivity index (χ2v) is 12.1. The highest BCUT2D eigenvalue weighted by molar-refractivity contribution is 5.94. The average molecular weight is 540 g/mol. The van der Waals surface area contributed by atoms with Crippen molar-refractivity contribution in [2.45, 2.75) is 90.5 Å². The lowest BCUT2D eigenvalue weighted by Gasteiger charge is -2.35. The molecule has 2 heterocycles. The quantitative estimate of drug-likeness (QED) is 0.239. The lowest BCUT2D eigenvalue weighted by Crippen LogP contribution is -2.26. The van der Waals surface area contributed by atoms with E-state index in [1.165, 1.54) is 62.5 Å². The van der Waals surface area contributed by atoms with Crippen LogP contribution in [-0.2, 0) is 17.8 Å². The number of nitrogens with one attached hydrogen (secondary N) is 2. The van der Waals surface area contributed by atoms with Crippen LogP contribution in [0.4, 0.5) is 15.8 Å². The number of aromatic nitrogens is 1. The zero-order valence-corrected chi connectivity index (χ0v) is 23.8. The van der Waals surface area contributed by atoms with Gasteiger partial charge in [0, 0.05) is 46.6 Å². The summed E-state index contributed by atoms with van der Waals surface area (Å²) in [4.78, 5) is 11.9. The normalized spacial score (nSPS) is 17.9. The lowest BCUT2D eigenvalue weighted by molar-refractivity contribution is -0.116. The Labute approximate surface area is 237 Å². The third-order valence-corrected chi connectivity index (χ3v) is 9.35. The van der Waals surface area contributed by atoms with Crippen LogP contribution < -0.4 is 10.6 Å². The summed E-state index contributed by atoms with van der Waals surface area (Å²) < 4.78 is 16.7. The number of nitrogens with zero attached hydrogens (tertiary/aromatic N) is 1. The number of rotatable bonds is 11. The molecule has 6 rings (SSSR count). The van der Waals surface area contributed by atoms with Crippen LogP contribution in [0.2, 0.25) is 0 Å². The van der Waals surface area contributed by atoms with Crippen molar-refractivity contribution in [1.29, 1.82) is 0 Å². The zero-order valence-electron chi connectivity index (χ0n) is 23.8. The van der Waals surface area contributed by atoms with Crippen molar-refractivity contribution in [2.75, 3.05) is 10.6 Å². The van der Waals surface area contributed by atoms with Gasteiger partial charge in [-0.2, -0.15) is 0 Å². The zero-order chi connectivity index (χ0) is 27.5. The van der Waals surface area contributed by atoms with Crippen molar-refractivity contribution in [3.05, 3.63) is 76.9 Å². The predicted molar refractivity (Wildman–Crippen MR) is 164 cm³/mol. The number of hydrogen-bond acceptors (Lipinski definition) is 2. The smallest absolute Gasteiger partial charge is 0.224 e. The third kappa shape index (κ3) is 5.89. The second-order valence-electron chi connectivity index (χ2n) is 12.1. The van der Waals surface area contributed by atoms with Crippen molar-refractivity contribution in [1.82, 2.24) is 4.57 Å². The van der Waals surface area contributed by atoms with E-state index in [-0.39, 0.29) is 11.7 Å². The number of hydrogen-bond donors (Lipinski definition) is 2. The molecule has 0 bridgehead atoms. The van der Waals surface area contributed by atoms with Gasteiger partial charge in [-0.3, -0.25) is 4.79 Å². The maximum absolute atomic E-state index is 14.2. The Hall–Kier alpha value is -3.34. The number of amides is 1. The number of halogens is 1. The van der Waals surface area contributed by atoms with Crippen molar-refractivity contribution in [3.63, 3.8) is 0 Å². The molecule has 1 unspecified atom stereocenters. The van der Waals surface area contributed by atoms with Gasteiger partial charge in [0.1, 0.15) is 5.82 Å². The summed E-state index contributed by atoms with van der Waals surface area (Å²) >= 11 is 0. The van der Waals surface area contributed by atoms with Gasteiger partial charge in [-0.15, -0.1) is 0 Å². The summed E-state index contributed by atoms with van der Waals surface area (Å²) in [6.45, 7) is 3.27. The monoisotopic (exact) mass is 539 g/mol. The molecule has 2 saturated carbocycles. The fraction of sp³-hybridized carbons (Fsp3) is 0.457. The van der Waals surface area contributed by atoms with Crippen LogP contribution in [0.1, 0.15) is 88.8 Å². The molecular weight excluding hydrogens is 497 g/mol. The molecule has 2 N–H and O–H groups in total. The van der Waals surface area contributed by atoms with E-state index >= 15 is 0 Å². The van der Waals surface area contributed by atoms with Crippen LogP contribution in [0.3, 0.4) is 0 Å². The van der Waals surface area contributed by atoms with Gasteiger partial charge in [0.2, 0.25) is 5.91 Å². The lowest BCUT2D eigenvalue weighted by atomic mass is 9.74. The molecule has 0 radical (unpaired) electrons. The molecule has 3 aromatic rings. The van der Waals surface area contributed by atoms with Gasteiger partial charge in [-0.05, 0) is 104 Å². The van der Waals surface area contributed by atoms with E-state index in [4.69, 9.17) is 0 Å². The number of unbranched alkanes of at least 4 members (excludes halogenated alkanes) is 2. The largest absolute Gasteiger partial charge is 0.356 e. The van der Waals surface area contributed by atoms with E-state index in [1.54, 1.807) is 12.1 Å². The number of allylic oxidation sites excluding steroid dienone is 2. The van der Waals surface area contributed by atoms with Crippen molar-refractivity contribution >= 4 is 34.3 Å². The number of fused-ring (bicyclic) bond motifs is 2. The minimum absolute atomic E-state index is 0.0845. The summed E-state index contributed by atoms with van der Waals surface area (Å²) in [6, 6.07) is 13.7. The first kappa shape index (κ1) is 26.9. The molecule has 1 atom stereocenters. The standard InChI is InChI=1S/C35H42FN3O/c1-2-3-4-7-27(24-8-5-9-24)23-39-31(21-28-20-29(36)14-18-34(28)39)16-17-32(25-10-6-11-25)37-30-15-12-26-13-19-35(40)38-33(26)22-30/h12,14-18,20-22,24,27,37H,2-11,13,19,23H2,1H3,(H,38,40)/b17-16+. The maximum atomic E-state index is 14.2. The van der Waals surface area contributed by atoms with Crippen molar-refractivity contribution < 1.29 is 9.18 Å². The van der Waals surface area contributed by atoms with Crippen LogP contribution >= 0.6 is 0 Å². The molecule has 0 saturated heterocycles. The molecule has 210 valence electrons. The Balaban J connectivity index is 1.29. The van der Waals surface area contributed by atoms with Gasteiger partial charge in [-0.1, -0.05) is 51.5 Å². The fourth-order valence-corrected chi connectivity index (χ4v) is 6.53.